The second-order valence-corrected chi connectivity index (χ2v) is 5.73. The standard InChI is InChI=1S/C18H15N5O2/c24-17-8-6-12-9-13(5-7-14(12)21-17)18(25)22-15-3-1-2-4-16(15)23-11-19-10-20-23/h1-5,7,9-11H,6,8H2,(H,21,24)(H,22,25). The van der Waals surface area contributed by atoms with Crippen molar-refractivity contribution in [3.8, 4) is 5.69 Å². The molecule has 0 atom stereocenters. The molecule has 2 amide bonds. The number of carbonyl (C=O) groups excluding carboxylic acids is 2. The van der Waals surface area contributed by atoms with Crippen LogP contribution in [-0.4, -0.2) is 26.6 Å². The highest BCUT2D eigenvalue weighted by molar-refractivity contribution is 6.06. The van der Waals surface area contributed by atoms with Gasteiger partial charge in [-0.1, -0.05) is 12.1 Å². The maximum atomic E-state index is 12.6. The van der Waals surface area contributed by atoms with Crippen molar-refractivity contribution < 1.29 is 9.59 Å². The number of amides is 2. The minimum atomic E-state index is -0.215. The van der Waals surface area contributed by atoms with Gasteiger partial charge in [-0.15, -0.1) is 0 Å². The Labute approximate surface area is 143 Å². The van der Waals surface area contributed by atoms with Crippen LogP contribution in [0.5, 0.6) is 0 Å². The van der Waals surface area contributed by atoms with Crippen molar-refractivity contribution in [1.82, 2.24) is 14.8 Å². The lowest BCUT2D eigenvalue weighted by molar-refractivity contribution is -0.116. The third-order valence-electron chi connectivity index (χ3n) is 4.08. The normalized spacial score (nSPS) is 13.0. The van der Waals surface area contributed by atoms with E-state index in [2.05, 4.69) is 20.7 Å². The molecule has 0 radical (unpaired) electrons. The first kappa shape index (κ1) is 15.1. The zero-order valence-electron chi connectivity index (χ0n) is 13.3. The summed E-state index contributed by atoms with van der Waals surface area (Å²) in [5.41, 5.74) is 3.67. The summed E-state index contributed by atoms with van der Waals surface area (Å²) >= 11 is 0. The Morgan fingerprint density at radius 1 is 1.16 bits per heavy atom. The van der Waals surface area contributed by atoms with Crippen LogP contribution in [0.25, 0.3) is 5.69 Å². The van der Waals surface area contributed by atoms with Crippen LogP contribution < -0.4 is 10.6 Å². The molecule has 0 saturated carbocycles. The third-order valence-corrected chi connectivity index (χ3v) is 4.08. The van der Waals surface area contributed by atoms with Gasteiger partial charge < -0.3 is 10.6 Å². The van der Waals surface area contributed by atoms with E-state index in [0.29, 0.717) is 24.1 Å². The van der Waals surface area contributed by atoms with E-state index in [0.717, 1.165) is 16.9 Å². The lowest BCUT2D eigenvalue weighted by Gasteiger charge is -2.17. The molecule has 1 aliphatic rings. The van der Waals surface area contributed by atoms with Crippen molar-refractivity contribution in [3.63, 3.8) is 0 Å². The first-order valence-electron chi connectivity index (χ1n) is 7.89. The monoisotopic (exact) mass is 333 g/mol. The van der Waals surface area contributed by atoms with Crippen molar-refractivity contribution in [1.29, 1.82) is 0 Å². The summed E-state index contributed by atoms with van der Waals surface area (Å²) in [4.78, 5) is 28.0. The molecule has 7 nitrogen and oxygen atoms in total. The summed E-state index contributed by atoms with van der Waals surface area (Å²) in [7, 11) is 0. The Hall–Kier alpha value is -3.48. The summed E-state index contributed by atoms with van der Waals surface area (Å²) in [6.45, 7) is 0. The number of aromatic nitrogens is 3. The summed E-state index contributed by atoms with van der Waals surface area (Å²) in [6, 6.07) is 12.7. The molecule has 0 saturated heterocycles. The van der Waals surface area contributed by atoms with Gasteiger partial charge in [-0.3, -0.25) is 9.59 Å². The van der Waals surface area contributed by atoms with Crippen molar-refractivity contribution in [2.24, 2.45) is 0 Å². The molecule has 1 aliphatic heterocycles. The minimum Gasteiger partial charge on any atom is -0.326 e. The smallest absolute Gasteiger partial charge is 0.255 e. The molecule has 3 aromatic rings. The van der Waals surface area contributed by atoms with Crippen LogP contribution in [-0.2, 0) is 11.2 Å². The molecule has 124 valence electrons. The van der Waals surface area contributed by atoms with E-state index in [1.807, 2.05) is 30.3 Å². The molecule has 0 fully saturated rings. The molecule has 0 bridgehead atoms. The molecular weight excluding hydrogens is 318 g/mol. The second kappa shape index (κ2) is 6.20. The van der Waals surface area contributed by atoms with E-state index >= 15 is 0 Å². The second-order valence-electron chi connectivity index (χ2n) is 5.73. The fraction of sp³-hybridized carbons (Fsp3) is 0.111. The van der Waals surface area contributed by atoms with Crippen molar-refractivity contribution in [3.05, 3.63) is 66.2 Å². The van der Waals surface area contributed by atoms with Gasteiger partial charge in [0.25, 0.3) is 5.91 Å². The molecule has 0 unspecified atom stereocenters. The highest BCUT2D eigenvalue weighted by Gasteiger charge is 2.17. The fourth-order valence-electron chi connectivity index (χ4n) is 2.83. The van der Waals surface area contributed by atoms with Crippen LogP contribution >= 0.6 is 0 Å². The Kier molecular flexibility index (Phi) is 3.74. The van der Waals surface area contributed by atoms with Gasteiger partial charge in [0.15, 0.2) is 0 Å². The number of para-hydroxylation sites is 2. The SMILES string of the molecule is O=C1CCc2cc(C(=O)Nc3ccccc3-n3cncn3)ccc2N1. The van der Waals surface area contributed by atoms with Crippen molar-refractivity contribution in [2.75, 3.05) is 10.6 Å². The summed E-state index contributed by atoms with van der Waals surface area (Å²) < 4.78 is 1.60. The number of hydrogen-bond acceptors (Lipinski definition) is 4. The van der Waals surface area contributed by atoms with Gasteiger partial charge in [0.1, 0.15) is 12.7 Å². The van der Waals surface area contributed by atoms with Crippen molar-refractivity contribution >= 4 is 23.2 Å². The number of aryl methyl sites for hydroxylation is 1. The molecule has 2 N–H and O–H groups in total. The quantitative estimate of drug-likeness (QED) is 0.770. The minimum absolute atomic E-state index is 0.00598. The Morgan fingerprint density at radius 2 is 2.04 bits per heavy atom. The van der Waals surface area contributed by atoms with E-state index < -0.39 is 0 Å². The zero-order chi connectivity index (χ0) is 17.2. The summed E-state index contributed by atoms with van der Waals surface area (Å²) in [5.74, 6) is -0.210. The molecule has 0 aliphatic carbocycles. The van der Waals surface area contributed by atoms with Crippen LogP contribution in [0, 0.1) is 0 Å². The van der Waals surface area contributed by atoms with Gasteiger partial charge in [0.05, 0.1) is 11.4 Å². The van der Waals surface area contributed by atoms with Crippen LogP contribution in [0.4, 0.5) is 11.4 Å². The highest BCUT2D eigenvalue weighted by Crippen LogP contribution is 2.25. The van der Waals surface area contributed by atoms with E-state index in [1.54, 1.807) is 23.1 Å². The number of rotatable bonds is 3. The number of anilines is 2. The maximum Gasteiger partial charge on any atom is 0.255 e. The summed E-state index contributed by atoms with van der Waals surface area (Å²) in [6.07, 6.45) is 4.09. The first-order valence-corrected chi connectivity index (χ1v) is 7.89. The number of nitrogens with zero attached hydrogens (tertiary/aromatic N) is 3. The molecule has 0 spiro atoms. The molecule has 2 aromatic carbocycles. The van der Waals surface area contributed by atoms with Crippen LogP contribution in [0.1, 0.15) is 22.3 Å². The number of carbonyl (C=O) groups is 2. The zero-order valence-corrected chi connectivity index (χ0v) is 13.3. The average Bonchev–Trinajstić information content (AvgIpc) is 3.16. The van der Waals surface area contributed by atoms with E-state index in [-0.39, 0.29) is 11.8 Å². The van der Waals surface area contributed by atoms with Crippen molar-refractivity contribution in [2.45, 2.75) is 12.8 Å². The van der Waals surface area contributed by atoms with Gasteiger partial charge in [0, 0.05) is 17.7 Å². The molecule has 7 heteroatoms. The number of benzene rings is 2. The predicted molar refractivity (Wildman–Crippen MR) is 92.7 cm³/mol. The van der Waals surface area contributed by atoms with E-state index in [9.17, 15) is 9.59 Å². The number of fused-ring (bicyclic) bond motifs is 1. The number of hydrogen-bond donors (Lipinski definition) is 2. The molecule has 25 heavy (non-hydrogen) atoms. The van der Waals surface area contributed by atoms with E-state index in [4.69, 9.17) is 0 Å². The average molecular weight is 333 g/mol. The molecular formula is C18H15N5O2. The maximum absolute atomic E-state index is 12.6. The molecule has 1 aromatic heterocycles. The van der Waals surface area contributed by atoms with Gasteiger partial charge in [-0.05, 0) is 42.3 Å². The van der Waals surface area contributed by atoms with Gasteiger partial charge in [0.2, 0.25) is 5.91 Å². The Morgan fingerprint density at radius 3 is 2.88 bits per heavy atom. The van der Waals surface area contributed by atoms with Crippen LogP contribution in [0.15, 0.2) is 55.1 Å². The largest absolute Gasteiger partial charge is 0.326 e. The van der Waals surface area contributed by atoms with Gasteiger partial charge >= 0.3 is 0 Å². The lowest BCUT2D eigenvalue weighted by Crippen LogP contribution is -2.20. The molecule has 4 rings (SSSR count). The Bertz CT molecular complexity index is 950. The van der Waals surface area contributed by atoms with Gasteiger partial charge in [-0.25, -0.2) is 9.67 Å². The number of nitrogens with one attached hydrogen (secondary N) is 2. The predicted octanol–water partition coefficient (Wildman–Crippen LogP) is 2.40. The Balaban J connectivity index is 1.60. The van der Waals surface area contributed by atoms with E-state index in [1.165, 1.54) is 6.33 Å². The van der Waals surface area contributed by atoms with Gasteiger partial charge in [-0.2, -0.15) is 5.10 Å². The van der Waals surface area contributed by atoms with Crippen LogP contribution in [0.2, 0.25) is 0 Å². The highest BCUT2D eigenvalue weighted by atomic mass is 16.2. The fourth-order valence-corrected chi connectivity index (χ4v) is 2.83. The first-order chi connectivity index (χ1) is 12.2. The summed E-state index contributed by atoms with van der Waals surface area (Å²) in [5, 5.41) is 9.84. The lowest BCUT2D eigenvalue weighted by atomic mass is 10.00. The molecule has 2 heterocycles. The van der Waals surface area contributed by atoms with Crippen LogP contribution in [0.3, 0.4) is 0 Å². The topological polar surface area (TPSA) is 88.9 Å². The third kappa shape index (κ3) is 2.99.